The highest BCUT2D eigenvalue weighted by molar-refractivity contribution is 6.35. The molecular weight excluding hydrogens is 485 g/mol. The summed E-state index contributed by atoms with van der Waals surface area (Å²) in [5.41, 5.74) is 1.13. The molecule has 0 atom stereocenters. The van der Waals surface area contributed by atoms with Gasteiger partial charge in [-0.1, -0.05) is 30.1 Å². The van der Waals surface area contributed by atoms with Crippen molar-refractivity contribution in [2.24, 2.45) is 0 Å². The molecule has 0 unspecified atom stereocenters. The lowest BCUT2D eigenvalue weighted by Crippen LogP contribution is -2.34. The van der Waals surface area contributed by atoms with Gasteiger partial charge in [-0.15, -0.1) is 0 Å². The molecule has 2 aromatic rings. The van der Waals surface area contributed by atoms with E-state index < -0.39 is 5.91 Å². The third kappa shape index (κ3) is 4.88. The van der Waals surface area contributed by atoms with E-state index in [4.69, 9.17) is 32.7 Å². The van der Waals surface area contributed by atoms with E-state index >= 15 is 0 Å². The summed E-state index contributed by atoms with van der Waals surface area (Å²) in [6, 6.07) is 4.78. The van der Waals surface area contributed by atoms with Crippen LogP contribution in [0.25, 0.3) is 0 Å². The van der Waals surface area contributed by atoms with Crippen LogP contribution in [0.2, 0.25) is 10.2 Å². The molecule has 12 heteroatoms. The third-order valence-corrected chi connectivity index (χ3v) is 6.05. The first kappa shape index (κ1) is 24.0. The number of anilines is 2. The van der Waals surface area contributed by atoms with Crippen LogP contribution < -0.4 is 14.5 Å². The predicted octanol–water partition coefficient (Wildman–Crippen LogP) is 3.41. The first-order chi connectivity index (χ1) is 16.4. The smallest absolute Gasteiger partial charge is 0.324 e. The van der Waals surface area contributed by atoms with E-state index in [0.717, 1.165) is 6.42 Å². The number of urea groups is 1. The van der Waals surface area contributed by atoms with Crippen molar-refractivity contribution in [3.05, 3.63) is 40.3 Å². The fourth-order valence-electron chi connectivity index (χ4n) is 3.77. The van der Waals surface area contributed by atoms with E-state index in [9.17, 15) is 14.4 Å². The van der Waals surface area contributed by atoms with Crippen LogP contribution in [0.4, 0.5) is 16.2 Å². The zero-order valence-corrected chi connectivity index (χ0v) is 20.0. The SMILES string of the molecule is CCCOC(=O)CCN1CCN(c2ccc(N3CCOc4ncnc(Cl)c4C3=O)cc2Cl)C1=O. The van der Waals surface area contributed by atoms with Gasteiger partial charge in [-0.05, 0) is 24.6 Å². The van der Waals surface area contributed by atoms with Crippen molar-refractivity contribution in [1.82, 2.24) is 14.9 Å². The molecule has 0 aliphatic carbocycles. The normalized spacial score (nSPS) is 15.8. The monoisotopic (exact) mass is 507 g/mol. The number of carbonyl (C=O) groups excluding carboxylic acids is 3. The Kier molecular flexibility index (Phi) is 7.38. The fourth-order valence-corrected chi connectivity index (χ4v) is 4.25. The Morgan fingerprint density at radius 1 is 1.15 bits per heavy atom. The largest absolute Gasteiger partial charge is 0.475 e. The zero-order valence-electron chi connectivity index (χ0n) is 18.5. The maximum absolute atomic E-state index is 13.1. The fraction of sp³-hybridized carbons (Fsp3) is 0.409. The molecule has 3 heterocycles. The number of rotatable bonds is 7. The molecule has 0 bridgehead atoms. The number of hydrogen-bond acceptors (Lipinski definition) is 7. The average molecular weight is 508 g/mol. The number of amides is 3. The molecule has 1 fully saturated rings. The Hall–Kier alpha value is -3.11. The summed E-state index contributed by atoms with van der Waals surface area (Å²) in [5.74, 6) is -0.592. The van der Waals surface area contributed by atoms with Gasteiger partial charge in [0.25, 0.3) is 5.91 Å². The van der Waals surface area contributed by atoms with Gasteiger partial charge in [-0.25, -0.2) is 14.8 Å². The summed E-state index contributed by atoms with van der Waals surface area (Å²) in [6.07, 6.45) is 2.12. The summed E-state index contributed by atoms with van der Waals surface area (Å²) in [4.78, 5) is 50.2. The number of hydrogen-bond donors (Lipinski definition) is 0. The predicted molar refractivity (Wildman–Crippen MR) is 126 cm³/mol. The number of aromatic nitrogens is 2. The lowest BCUT2D eigenvalue weighted by molar-refractivity contribution is -0.143. The maximum Gasteiger partial charge on any atom is 0.324 e. The minimum Gasteiger partial charge on any atom is -0.475 e. The van der Waals surface area contributed by atoms with Gasteiger partial charge in [0.05, 0.1) is 30.3 Å². The van der Waals surface area contributed by atoms with Crippen LogP contribution in [-0.2, 0) is 9.53 Å². The molecule has 4 rings (SSSR count). The molecule has 2 aliphatic rings. The Labute approximate surface area is 206 Å². The van der Waals surface area contributed by atoms with Crippen LogP contribution in [-0.4, -0.2) is 72.2 Å². The molecule has 0 saturated carbocycles. The van der Waals surface area contributed by atoms with Gasteiger partial charge in [0.2, 0.25) is 5.88 Å². The van der Waals surface area contributed by atoms with E-state index in [2.05, 4.69) is 9.97 Å². The molecule has 0 spiro atoms. The van der Waals surface area contributed by atoms with Gasteiger partial charge in [0, 0.05) is 25.3 Å². The van der Waals surface area contributed by atoms with Gasteiger partial charge in [0.1, 0.15) is 23.7 Å². The minimum absolute atomic E-state index is 0.00551. The third-order valence-electron chi connectivity index (χ3n) is 5.46. The van der Waals surface area contributed by atoms with Crippen LogP contribution in [0.15, 0.2) is 24.5 Å². The number of fused-ring (bicyclic) bond motifs is 1. The summed E-state index contributed by atoms with van der Waals surface area (Å²) in [6.45, 7) is 3.93. The van der Waals surface area contributed by atoms with Crippen molar-refractivity contribution in [2.45, 2.75) is 19.8 Å². The Balaban J connectivity index is 1.47. The molecule has 1 aromatic heterocycles. The van der Waals surface area contributed by atoms with Gasteiger partial charge in [-0.3, -0.25) is 14.5 Å². The standard InChI is InChI=1S/C22H23Cl2N5O5/c1-2-10-33-17(30)5-6-27-7-8-29(22(27)32)16-4-3-14(12-15(16)23)28-9-11-34-20-18(21(28)31)19(24)25-13-26-20/h3-4,12-13H,2,5-11H2,1H3. The van der Waals surface area contributed by atoms with Crippen molar-refractivity contribution in [3.8, 4) is 5.88 Å². The van der Waals surface area contributed by atoms with Crippen LogP contribution in [0.1, 0.15) is 30.1 Å². The number of ether oxygens (including phenoxy) is 2. The molecule has 180 valence electrons. The van der Waals surface area contributed by atoms with Crippen molar-refractivity contribution in [3.63, 3.8) is 0 Å². The lowest BCUT2D eigenvalue weighted by atomic mass is 10.2. The highest BCUT2D eigenvalue weighted by Crippen LogP contribution is 2.35. The maximum atomic E-state index is 13.1. The van der Waals surface area contributed by atoms with Crippen LogP contribution in [0, 0.1) is 0 Å². The van der Waals surface area contributed by atoms with Gasteiger partial charge in [0.15, 0.2) is 0 Å². The van der Waals surface area contributed by atoms with Crippen molar-refractivity contribution in [1.29, 1.82) is 0 Å². The van der Waals surface area contributed by atoms with E-state index in [-0.39, 0.29) is 54.7 Å². The molecule has 1 saturated heterocycles. The van der Waals surface area contributed by atoms with Crippen molar-refractivity contribution >= 4 is 52.5 Å². The van der Waals surface area contributed by atoms with Gasteiger partial charge < -0.3 is 19.3 Å². The van der Waals surface area contributed by atoms with Crippen LogP contribution >= 0.6 is 23.2 Å². The first-order valence-electron chi connectivity index (χ1n) is 10.9. The summed E-state index contributed by atoms with van der Waals surface area (Å²) in [5, 5.41) is 0.314. The Morgan fingerprint density at radius 2 is 1.97 bits per heavy atom. The van der Waals surface area contributed by atoms with E-state index in [1.807, 2.05) is 6.92 Å². The number of esters is 1. The molecular formula is C22H23Cl2N5O5. The van der Waals surface area contributed by atoms with Crippen LogP contribution in [0.3, 0.4) is 0 Å². The Morgan fingerprint density at radius 3 is 2.74 bits per heavy atom. The molecule has 2 aliphatic heterocycles. The van der Waals surface area contributed by atoms with Crippen LogP contribution in [0.5, 0.6) is 5.88 Å². The summed E-state index contributed by atoms with van der Waals surface area (Å²) in [7, 11) is 0. The van der Waals surface area contributed by atoms with E-state index in [1.165, 1.54) is 11.2 Å². The number of halogens is 2. The molecule has 0 N–H and O–H groups in total. The highest BCUT2D eigenvalue weighted by Gasteiger charge is 2.32. The lowest BCUT2D eigenvalue weighted by Gasteiger charge is -2.23. The first-order valence-corrected chi connectivity index (χ1v) is 11.6. The van der Waals surface area contributed by atoms with Crippen molar-refractivity contribution in [2.75, 3.05) is 49.2 Å². The molecule has 0 radical (unpaired) electrons. The molecule has 34 heavy (non-hydrogen) atoms. The molecule has 1 aromatic carbocycles. The topological polar surface area (TPSA) is 105 Å². The van der Waals surface area contributed by atoms with Gasteiger partial charge in [-0.2, -0.15) is 0 Å². The summed E-state index contributed by atoms with van der Waals surface area (Å²) < 4.78 is 10.6. The van der Waals surface area contributed by atoms with Gasteiger partial charge >= 0.3 is 12.0 Å². The zero-order chi connectivity index (χ0) is 24.2. The Bertz CT molecular complexity index is 1120. The average Bonchev–Trinajstić information content (AvgIpc) is 3.08. The van der Waals surface area contributed by atoms with E-state index in [0.29, 0.717) is 36.1 Å². The van der Waals surface area contributed by atoms with E-state index in [1.54, 1.807) is 28.0 Å². The highest BCUT2D eigenvalue weighted by atomic mass is 35.5. The second-order valence-corrected chi connectivity index (χ2v) is 8.44. The minimum atomic E-state index is -0.403. The molecule has 3 amide bonds. The number of benzene rings is 1. The second kappa shape index (κ2) is 10.4. The van der Waals surface area contributed by atoms with Crippen molar-refractivity contribution < 1.29 is 23.9 Å². The second-order valence-electron chi connectivity index (χ2n) is 7.68. The number of nitrogens with zero attached hydrogens (tertiary/aromatic N) is 5. The summed E-state index contributed by atoms with van der Waals surface area (Å²) >= 11 is 12.7. The number of carbonyl (C=O) groups is 3. The molecule has 10 nitrogen and oxygen atoms in total. The quantitative estimate of drug-likeness (QED) is 0.417.